The van der Waals surface area contributed by atoms with Crippen LogP contribution >= 0.6 is 0 Å². The SMILES string of the molecule is O=C(O)C1CCC1C(=O)NCC#Cc1cccc(C(F)(F)F)c1. The highest BCUT2D eigenvalue weighted by atomic mass is 19.4. The smallest absolute Gasteiger partial charge is 0.416 e. The molecule has 1 fully saturated rings. The molecule has 2 unspecified atom stereocenters. The van der Waals surface area contributed by atoms with E-state index in [0.717, 1.165) is 12.1 Å². The predicted molar refractivity (Wildman–Crippen MR) is 75.2 cm³/mol. The van der Waals surface area contributed by atoms with E-state index in [1.54, 1.807) is 0 Å². The maximum atomic E-state index is 12.5. The second-order valence-corrected chi connectivity index (χ2v) is 5.23. The Morgan fingerprint density at radius 3 is 2.52 bits per heavy atom. The van der Waals surface area contributed by atoms with Crippen LogP contribution in [0.4, 0.5) is 13.2 Å². The molecule has 1 aliphatic rings. The van der Waals surface area contributed by atoms with Crippen LogP contribution in [-0.4, -0.2) is 23.5 Å². The third kappa shape index (κ3) is 4.25. The lowest BCUT2D eigenvalue weighted by Crippen LogP contribution is -2.44. The van der Waals surface area contributed by atoms with Crippen LogP contribution in [0.2, 0.25) is 0 Å². The van der Waals surface area contributed by atoms with Crippen molar-refractivity contribution in [1.82, 2.24) is 5.32 Å². The number of hydrogen-bond acceptors (Lipinski definition) is 2. The Balaban J connectivity index is 1.89. The maximum Gasteiger partial charge on any atom is 0.416 e. The zero-order valence-corrected chi connectivity index (χ0v) is 12.0. The molecule has 2 rings (SSSR count). The van der Waals surface area contributed by atoms with Gasteiger partial charge in [-0.2, -0.15) is 13.2 Å². The maximum absolute atomic E-state index is 12.5. The Morgan fingerprint density at radius 2 is 1.96 bits per heavy atom. The van der Waals surface area contributed by atoms with Crippen LogP contribution in [0.5, 0.6) is 0 Å². The number of carbonyl (C=O) groups is 2. The molecule has 7 heteroatoms. The monoisotopic (exact) mass is 325 g/mol. The van der Waals surface area contributed by atoms with E-state index >= 15 is 0 Å². The van der Waals surface area contributed by atoms with Crippen molar-refractivity contribution in [2.24, 2.45) is 11.8 Å². The summed E-state index contributed by atoms with van der Waals surface area (Å²) in [6, 6.07) is 4.59. The molecule has 2 N–H and O–H groups in total. The quantitative estimate of drug-likeness (QED) is 0.838. The van der Waals surface area contributed by atoms with Gasteiger partial charge in [0.15, 0.2) is 0 Å². The fourth-order valence-corrected chi connectivity index (χ4v) is 2.29. The summed E-state index contributed by atoms with van der Waals surface area (Å²) in [7, 11) is 0. The summed E-state index contributed by atoms with van der Waals surface area (Å²) in [5.74, 6) is 2.51. The van der Waals surface area contributed by atoms with E-state index in [0.29, 0.717) is 12.8 Å². The lowest BCUT2D eigenvalue weighted by molar-refractivity contribution is -0.152. The Hall–Kier alpha value is -2.49. The molecule has 23 heavy (non-hydrogen) atoms. The summed E-state index contributed by atoms with van der Waals surface area (Å²) in [6.45, 7) is -0.0437. The lowest BCUT2D eigenvalue weighted by Gasteiger charge is -2.31. The fourth-order valence-electron chi connectivity index (χ4n) is 2.29. The summed E-state index contributed by atoms with van der Waals surface area (Å²) in [5, 5.41) is 11.4. The molecular formula is C16H14F3NO3. The van der Waals surface area contributed by atoms with Crippen molar-refractivity contribution in [2.45, 2.75) is 19.0 Å². The first-order chi connectivity index (χ1) is 10.8. The van der Waals surface area contributed by atoms with Gasteiger partial charge in [0.05, 0.1) is 23.9 Å². The van der Waals surface area contributed by atoms with Crippen molar-refractivity contribution in [3.8, 4) is 11.8 Å². The van der Waals surface area contributed by atoms with Gasteiger partial charge in [-0.25, -0.2) is 0 Å². The second-order valence-electron chi connectivity index (χ2n) is 5.23. The van der Waals surface area contributed by atoms with E-state index in [9.17, 15) is 22.8 Å². The Labute approximate surface area is 130 Å². The minimum atomic E-state index is -4.43. The molecule has 1 aromatic rings. The normalized spacial score (nSPS) is 20.0. The van der Waals surface area contributed by atoms with Crippen LogP contribution in [0, 0.1) is 23.7 Å². The molecule has 0 saturated heterocycles. The molecule has 0 spiro atoms. The molecule has 1 aromatic carbocycles. The second kappa shape index (κ2) is 6.73. The van der Waals surface area contributed by atoms with Gasteiger partial charge in [-0.15, -0.1) is 0 Å². The highest BCUT2D eigenvalue weighted by Gasteiger charge is 2.41. The molecule has 0 aromatic heterocycles. The summed E-state index contributed by atoms with van der Waals surface area (Å²) < 4.78 is 37.6. The van der Waals surface area contributed by atoms with Crippen LogP contribution in [0.3, 0.4) is 0 Å². The average Bonchev–Trinajstić information content (AvgIpc) is 2.41. The molecule has 1 saturated carbocycles. The first-order valence-electron chi connectivity index (χ1n) is 6.95. The predicted octanol–water partition coefficient (Wildman–Crippen LogP) is 2.28. The van der Waals surface area contributed by atoms with Gasteiger partial charge in [-0.05, 0) is 31.0 Å². The summed E-state index contributed by atoms with van der Waals surface area (Å²) >= 11 is 0. The average molecular weight is 325 g/mol. The lowest BCUT2D eigenvalue weighted by atomic mass is 9.73. The molecule has 122 valence electrons. The van der Waals surface area contributed by atoms with Gasteiger partial charge >= 0.3 is 12.1 Å². The number of carbonyl (C=O) groups excluding carboxylic acids is 1. The molecule has 0 bridgehead atoms. The third-order valence-electron chi connectivity index (χ3n) is 3.70. The highest BCUT2D eigenvalue weighted by molar-refractivity contribution is 5.86. The van der Waals surface area contributed by atoms with Gasteiger partial charge in [0.25, 0.3) is 0 Å². The zero-order valence-electron chi connectivity index (χ0n) is 12.0. The number of amides is 1. The number of carboxylic acids is 1. The summed E-state index contributed by atoms with van der Waals surface area (Å²) in [4.78, 5) is 22.6. The van der Waals surface area contributed by atoms with Crippen molar-refractivity contribution in [3.05, 3.63) is 35.4 Å². The third-order valence-corrected chi connectivity index (χ3v) is 3.70. The van der Waals surface area contributed by atoms with Crippen molar-refractivity contribution in [1.29, 1.82) is 0 Å². The molecule has 4 nitrogen and oxygen atoms in total. The van der Waals surface area contributed by atoms with Crippen LogP contribution in [0.25, 0.3) is 0 Å². The van der Waals surface area contributed by atoms with E-state index in [1.165, 1.54) is 12.1 Å². The number of nitrogens with one attached hydrogen (secondary N) is 1. The van der Waals surface area contributed by atoms with Crippen molar-refractivity contribution >= 4 is 11.9 Å². The van der Waals surface area contributed by atoms with Crippen LogP contribution in [0.1, 0.15) is 24.0 Å². The topological polar surface area (TPSA) is 66.4 Å². The largest absolute Gasteiger partial charge is 0.481 e. The van der Waals surface area contributed by atoms with Gasteiger partial charge in [-0.1, -0.05) is 17.9 Å². The molecule has 0 heterocycles. The first kappa shape index (κ1) is 16.9. The molecule has 0 radical (unpaired) electrons. The number of halogens is 3. The number of carboxylic acid groups (broad SMARTS) is 1. The van der Waals surface area contributed by atoms with Crippen molar-refractivity contribution in [2.75, 3.05) is 6.54 Å². The number of benzene rings is 1. The van der Waals surface area contributed by atoms with Crippen molar-refractivity contribution in [3.63, 3.8) is 0 Å². The van der Waals surface area contributed by atoms with Gasteiger partial charge < -0.3 is 10.4 Å². The van der Waals surface area contributed by atoms with Crippen LogP contribution < -0.4 is 5.32 Å². The number of rotatable bonds is 3. The van der Waals surface area contributed by atoms with E-state index in [-0.39, 0.29) is 18.0 Å². The standard InChI is InChI=1S/C16H14F3NO3/c17-16(18,19)11-5-1-3-10(9-11)4-2-8-20-14(21)12-6-7-13(12)15(22)23/h1,3,5,9,12-13H,6-8H2,(H,20,21)(H,22,23). The summed E-state index contributed by atoms with van der Waals surface area (Å²) in [5.41, 5.74) is -0.590. The molecular weight excluding hydrogens is 311 g/mol. The van der Waals surface area contributed by atoms with Gasteiger partial charge in [0.2, 0.25) is 5.91 Å². The number of hydrogen-bond donors (Lipinski definition) is 2. The van der Waals surface area contributed by atoms with Gasteiger partial charge in [-0.3, -0.25) is 9.59 Å². The minimum Gasteiger partial charge on any atom is -0.481 e. The fraction of sp³-hybridized carbons (Fsp3) is 0.375. The van der Waals surface area contributed by atoms with E-state index in [2.05, 4.69) is 17.2 Å². The Morgan fingerprint density at radius 1 is 1.26 bits per heavy atom. The van der Waals surface area contributed by atoms with E-state index < -0.39 is 29.5 Å². The molecule has 2 atom stereocenters. The highest BCUT2D eigenvalue weighted by Crippen LogP contribution is 2.34. The van der Waals surface area contributed by atoms with E-state index in [4.69, 9.17) is 5.11 Å². The Kier molecular flexibility index (Phi) is 4.94. The first-order valence-corrected chi connectivity index (χ1v) is 6.95. The minimum absolute atomic E-state index is 0.0437. The van der Waals surface area contributed by atoms with Crippen LogP contribution in [-0.2, 0) is 15.8 Å². The Bertz CT molecular complexity index is 673. The van der Waals surface area contributed by atoms with Crippen molar-refractivity contribution < 1.29 is 27.9 Å². The molecule has 1 amide bonds. The van der Waals surface area contributed by atoms with Gasteiger partial charge in [0, 0.05) is 5.56 Å². The van der Waals surface area contributed by atoms with Gasteiger partial charge in [0.1, 0.15) is 0 Å². The zero-order chi connectivity index (χ0) is 17.0. The van der Waals surface area contributed by atoms with E-state index in [1.807, 2.05) is 0 Å². The molecule has 1 aliphatic carbocycles. The summed E-state index contributed by atoms with van der Waals surface area (Å²) in [6.07, 6.45) is -3.44. The number of aliphatic carboxylic acids is 1. The molecule has 0 aliphatic heterocycles. The number of alkyl halides is 3. The van der Waals surface area contributed by atoms with Crippen LogP contribution in [0.15, 0.2) is 24.3 Å².